The number of carbonyl (C=O) groups is 1. The van der Waals surface area contributed by atoms with Gasteiger partial charge in [0.15, 0.2) is 0 Å². The van der Waals surface area contributed by atoms with Gasteiger partial charge in [0, 0.05) is 51.8 Å². The lowest BCUT2D eigenvalue weighted by atomic mass is 9.94. The number of hydrogen-bond acceptors (Lipinski definition) is 5. The molecule has 1 aromatic rings. The molecule has 1 atom stereocenters. The van der Waals surface area contributed by atoms with Gasteiger partial charge in [0.25, 0.3) is 5.56 Å². The van der Waals surface area contributed by atoms with Gasteiger partial charge >= 0.3 is 0 Å². The van der Waals surface area contributed by atoms with Crippen LogP contribution in [0, 0.1) is 11.8 Å². The van der Waals surface area contributed by atoms with E-state index < -0.39 is 0 Å². The summed E-state index contributed by atoms with van der Waals surface area (Å²) in [7, 11) is 2.12. The summed E-state index contributed by atoms with van der Waals surface area (Å²) < 4.78 is 1.60. The van der Waals surface area contributed by atoms with Crippen LogP contribution >= 0.6 is 0 Å². The summed E-state index contributed by atoms with van der Waals surface area (Å²) in [6.07, 6.45) is 8.08. The molecule has 3 heterocycles. The Bertz CT molecular complexity index is 745. The van der Waals surface area contributed by atoms with Gasteiger partial charge < -0.3 is 14.7 Å². The largest absolute Gasteiger partial charge is 0.370 e. The van der Waals surface area contributed by atoms with Crippen LogP contribution in [0.15, 0.2) is 17.1 Å². The Balaban J connectivity index is 1.34. The Morgan fingerprint density at radius 2 is 1.93 bits per heavy atom. The molecule has 4 rings (SSSR count). The van der Waals surface area contributed by atoms with Crippen molar-refractivity contribution in [3.8, 4) is 0 Å². The zero-order valence-electron chi connectivity index (χ0n) is 17.1. The zero-order valence-corrected chi connectivity index (χ0v) is 17.1. The van der Waals surface area contributed by atoms with Gasteiger partial charge in [0.2, 0.25) is 5.91 Å². The second kappa shape index (κ2) is 8.64. The number of likely N-dealkylation sites (N-methyl/N-ethyl adjacent to an activating group) is 1. The predicted molar refractivity (Wildman–Crippen MR) is 109 cm³/mol. The quantitative estimate of drug-likeness (QED) is 0.765. The van der Waals surface area contributed by atoms with Crippen LogP contribution in [0.25, 0.3) is 0 Å². The average Bonchev–Trinajstić information content (AvgIpc) is 3.51. The molecule has 0 spiro atoms. The van der Waals surface area contributed by atoms with E-state index in [-0.39, 0.29) is 5.56 Å². The second-order valence-corrected chi connectivity index (χ2v) is 8.87. The van der Waals surface area contributed by atoms with Gasteiger partial charge in [0.1, 0.15) is 0 Å². The first-order chi connectivity index (χ1) is 13.6. The van der Waals surface area contributed by atoms with Gasteiger partial charge in [-0.15, -0.1) is 0 Å². The Labute approximate surface area is 167 Å². The second-order valence-electron chi connectivity index (χ2n) is 8.87. The van der Waals surface area contributed by atoms with Crippen LogP contribution in [-0.2, 0) is 11.3 Å². The zero-order chi connectivity index (χ0) is 19.5. The third-order valence-corrected chi connectivity index (χ3v) is 6.40. The van der Waals surface area contributed by atoms with Crippen LogP contribution in [-0.4, -0.2) is 71.8 Å². The molecule has 0 aromatic carbocycles. The van der Waals surface area contributed by atoms with Gasteiger partial charge in [-0.05, 0) is 57.5 Å². The third-order valence-electron chi connectivity index (χ3n) is 6.40. The molecule has 1 aromatic heterocycles. The summed E-state index contributed by atoms with van der Waals surface area (Å²) >= 11 is 0. The highest BCUT2D eigenvalue weighted by Crippen LogP contribution is 2.30. The number of aromatic nitrogens is 2. The van der Waals surface area contributed by atoms with Crippen LogP contribution in [0.5, 0.6) is 0 Å². The Morgan fingerprint density at radius 1 is 1.07 bits per heavy atom. The fraction of sp³-hybridized carbons (Fsp3) is 0.762. The van der Waals surface area contributed by atoms with E-state index in [0.29, 0.717) is 24.2 Å². The normalized spacial score (nSPS) is 24.2. The topological polar surface area (TPSA) is 61.7 Å². The number of amides is 1. The molecule has 3 fully saturated rings. The molecule has 0 radical (unpaired) electrons. The van der Waals surface area contributed by atoms with Crippen molar-refractivity contribution in [2.75, 3.05) is 51.2 Å². The van der Waals surface area contributed by atoms with E-state index in [9.17, 15) is 9.59 Å². The van der Waals surface area contributed by atoms with Crippen LogP contribution in [0.4, 0.5) is 5.69 Å². The van der Waals surface area contributed by atoms with Crippen molar-refractivity contribution in [1.29, 1.82) is 0 Å². The monoisotopic (exact) mass is 387 g/mol. The van der Waals surface area contributed by atoms with Gasteiger partial charge in [-0.2, -0.15) is 5.10 Å². The number of carbonyl (C=O) groups excluding carboxylic acids is 1. The molecular formula is C21H33N5O2. The standard InChI is InChI=1S/C21H33N5O2/c1-23-7-3-9-24(11-10-23)20(27)12-18-4-2-8-25(15-18)19-13-21(28)26(22-14-19)16-17-5-6-17/h13-14,17-18H,2-12,15-16H2,1H3. The molecule has 3 aliphatic rings. The molecule has 1 aliphatic carbocycles. The van der Waals surface area contributed by atoms with Gasteiger partial charge in [0.05, 0.1) is 11.9 Å². The Kier molecular flexibility index (Phi) is 5.99. The van der Waals surface area contributed by atoms with Crippen LogP contribution in [0.3, 0.4) is 0 Å². The third kappa shape index (κ3) is 4.93. The van der Waals surface area contributed by atoms with Crippen LogP contribution < -0.4 is 10.5 Å². The maximum atomic E-state index is 12.8. The SMILES string of the molecule is CN1CCCN(C(=O)CC2CCCN(c3cnn(CC4CC4)c(=O)c3)C2)CC1. The summed E-state index contributed by atoms with van der Waals surface area (Å²) in [5.41, 5.74) is 0.905. The number of hydrogen-bond donors (Lipinski definition) is 0. The summed E-state index contributed by atoms with van der Waals surface area (Å²) in [5.74, 6) is 1.29. The van der Waals surface area contributed by atoms with E-state index in [1.165, 1.54) is 12.8 Å². The Hall–Kier alpha value is -1.89. The molecule has 2 saturated heterocycles. The summed E-state index contributed by atoms with van der Waals surface area (Å²) in [6, 6.07) is 1.73. The van der Waals surface area contributed by atoms with Crippen molar-refractivity contribution < 1.29 is 4.79 Å². The lowest BCUT2D eigenvalue weighted by Crippen LogP contribution is -2.40. The molecule has 28 heavy (non-hydrogen) atoms. The smallest absolute Gasteiger partial charge is 0.268 e. The van der Waals surface area contributed by atoms with Crippen LogP contribution in [0.1, 0.15) is 38.5 Å². The maximum Gasteiger partial charge on any atom is 0.268 e. The molecule has 7 heteroatoms. The van der Waals surface area contributed by atoms with Gasteiger partial charge in [-0.1, -0.05) is 0 Å². The number of anilines is 1. The molecule has 1 saturated carbocycles. The van der Waals surface area contributed by atoms with Gasteiger partial charge in [-0.3, -0.25) is 9.59 Å². The van der Waals surface area contributed by atoms with Crippen LogP contribution in [0.2, 0.25) is 0 Å². The van der Waals surface area contributed by atoms with E-state index >= 15 is 0 Å². The van der Waals surface area contributed by atoms with E-state index in [0.717, 1.165) is 70.8 Å². The molecule has 1 amide bonds. The fourth-order valence-corrected chi connectivity index (χ4v) is 4.42. The van der Waals surface area contributed by atoms with E-state index in [1.54, 1.807) is 10.7 Å². The molecular weight excluding hydrogens is 354 g/mol. The molecule has 0 N–H and O–H groups in total. The van der Waals surface area contributed by atoms with E-state index in [2.05, 4.69) is 21.9 Å². The summed E-state index contributed by atoms with van der Waals surface area (Å²) in [6.45, 7) is 6.28. The molecule has 0 bridgehead atoms. The highest BCUT2D eigenvalue weighted by Gasteiger charge is 2.27. The van der Waals surface area contributed by atoms with E-state index in [1.807, 2.05) is 11.1 Å². The van der Waals surface area contributed by atoms with Crippen molar-refractivity contribution in [3.63, 3.8) is 0 Å². The Morgan fingerprint density at radius 3 is 2.71 bits per heavy atom. The van der Waals surface area contributed by atoms with Crippen molar-refractivity contribution in [2.24, 2.45) is 11.8 Å². The highest BCUT2D eigenvalue weighted by molar-refractivity contribution is 5.76. The first-order valence-electron chi connectivity index (χ1n) is 10.9. The number of piperidine rings is 1. The minimum Gasteiger partial charge on any atom is -0.370 e. The molecule has 2 aliphatic heterocycles. The fourth-order valence-electron chi connectivity index (χ4n) is 4.42. The molecule has 1 unspecified atom stereocenters. The van der Waals surface area contributed by atoms with Crippen molar-refractivity contribution in [2.45, 2.75) is 45.1 Å². The van der Waals surface area contributed by atoms with Gasteiger partial charge in [-0.25, -0.2) is 4.68 Å². The minimum atomic E-state index is -0.00344. The van der Waals surface area contributed by atoms with Crippen molar-refractivity contribution >= 4 is 11.6 Å². The highest BCUT2D eigenvalue weighted by atomic mass is 16.2. The molecule has 154 valence electrons. The van der Waals surface area contributed by atoms with Crippen molar-refractivity contribution in [1.82, 2.24) is 19.6 Å². The number of nitrogens with zero attached hydrogens (tertiary/aromatic N) is 5. The maximum absolute atomic E-state index is 12.8. The number of rotatable bonds is 5. The predicted octanol–water partition coefficient (Wildman–Crippen LogP) is 1.42. The van der Waals surface area contributed by atoms with E-state index in [4.69, 9.17) is 0 Å². The summed E-state index contributed by atoms with van der Waals surface area (Å²) in [5, 5.41) is 4.39. The summed E-state index contributed by atoms with van der Waals surface area (Å²) in [4.78, 5) is 31.8. The van der Waals surface area contributed by atoms with Crippen molar-refractivity contribution in [3.05, 3.63) is 22.6 Å². The average molecular weight is 388 g/mol. The minimum absolute atomic E-state index is 0.00344. The lowest BCUT2D eigenvalue weighted by molar-refractivity contribution is -0.132. The first kappa shape index (κ1) is 19.4. The molecule has 7 nitrogen and oxygen atoms in total. The lowest BCUT2D eigenvalue weighted by Gasteiger charge is -2.34. The first-order valence-corrected chi connectivity index (χ1v) is 10.9.